The second-order valence-corrected chi connectivity index (χ2v) is 5.30. The molecule has 0 spiro atoms. The molecule has 2 aromatic carbocycles. The van der Waals surface area contributed by atoms with E-state index in [9.17, 15) is 9.59 Å². The molecule has 0 unspecified atom stereocenters. The monoisotopic (exact) mass is 327 g/mol. The molecule has 24 heavy (non-hydrogen) atoms. The number of ether oxygens (including phenoxy) is 2. The van der Waals surface area contributed by atoms with Gasteiger partial charge in [-0.2, -0.15) is 0 Å². The molecule has 0 aliphatic heterocycles. The van der Waals surface area contributed by atoms with Crippen LogP contribution in [0.4, 0.5) is 0 Å². The summed E-state index contributed by atoms with van der Waals surface area (Å²) in [7, 11) is 2.74. The third-order valence-electron chi connectivity index (χ3n) is 3.70. The van der Waals surface area contributed by atoms with Crippen LogP contribution in [0, 0.1) is 0 Å². The lowest BCUT2D eigenvalue weighted by molar-refractivity contribution is -0.146. The smallest absolute Gasteiger partial charge is 0.329 e. The van der Waals surface area contributed by atoms with Crippen LogP contribution in [0.3, 0.4) is 0 Å². The van der Waals surface area contributed by atoms with E-state index in [0.29, 0.717) is 0 Å². The van der Waals surface area contributed by atoms with Crippen molar-refractivity contribution in [3.8, 4) is 0 Å². The van der Waals surface area contributed by atoms with Crippen molar-refractivity contribution >= 4 is 11.9 Å². The molecule has 5 nitrogen and oxygen atoms in total. The van der Waals surface area contributed by atoms with Crippen molar-refractivity contribution in [3.05, 3.63) is 71.8 Å². The quantitative estimate of drug-likeness (QED) is 0.791. The molecule has 126 valence electrons. The van der Waals surface area contributed by atoms with E-state index in [4.69, 9.17) is 9.47 Å². The molecule has 0 aromatic heterocycles. The highest BCUT2D eigenvalue weighted by atomic mass is 16.5. The molecular formula is C19H21NO4. The van der Waals surface area contributed by atoms with Gasteiger partial charge >= 0.3 is 5.97 Å². The number of carbonyl (C=O) groups excluding carboxylic acids is 2. The van der Waals surface area contributed by atoms with Crippen molar-refractivity contribution in [2.75, 3.05) is 20.8 Å². The maximum Gasteiger partial charge on any atom is 0.329 e. The Bertz CT molecular complexity index is 618. The van der Waals surface area contributed by atoms with E-state index >= 15 is 0 Å². The Labute approximate surface area is 141 Å². The fraction of sp³-hybridized carbons (Fsp3) is 0.263. The highest BCUT2D eigenvalue weighted by Gasteiger charge is 2.33. The highest BCUT2D eigenvalue weighted by Crippen LogP contribution is 2.28. The molecular weight excluding hydrogens is 306 g/mol. The van der Waals surface area contributed by atoms with Gasteiger partial charge in [0.1, 0.15) is 12.6 Å². The minimum Gasteiger partial charge on any atom is -0.467 e. The number of methoxy groups -OCH3 is 2. The third-order valence-corrected chi connectivity index (χ3v) is 3.70. The third kappa shape index (κ3) is 4.43. The summed E-state index contributed by atoms with van der Waals surface area (Å²) < 4.78 is 9.77. The minimum absolute atomic E-state index is 0.121. The average Bonchev–Trinajstić information content (AvgIpc) is 2.62. The van der Waals surface area contributed by atoms with Gasteiger partial charge in [0.25, 0.3) is 0 Å². The van der Waals surface area contributed by atoms with Crippen molar-refractivity contribution in [3.63, 3.8) is 0 Å². The van der Waals surface area contributed by atoms with Crippen LogP contribution >= 0.6 is 0 Å². The first-order chi connectivity index (χ1) is 11.7. The van der Waals surface area contributed by atoms with Crippen LogP contribution in [0.15, 0.2) is 60.7 Å². The number of hydrogen-bond acceptors (Lipinski definition) is 4. The van der Waals surface area contributed by atoms with Crippen LogP contribution in [0.25, 0.3) is 0 Å². The summed E-state index contributed by atoms with van der Waals surface area (Å²) in [5.74, 6) is -1.23. The molecule has 0 fully saturated rings. The fourth-order valence-electron chi connectivity index (χ4n) is 2.65. The summed E-state index contributed by atoms with van der Waals surface area (Å²) in [4.78, 5) is 24.4. The van der Waals surface area contributed by atoms with Gasteiger partial charge < -0.3 is 14.8 Å². The van der Waals surface area contributed by atoms with Gasteiger partial charge in [0.15, 0.2) is 0 Å². The summed E-state index contributed by atoms with van der Waals surface area (Å²) >= 11 is 0. The van der Waals surface area contributed by atoms with Crippen LogP contribution in [-0.2, 0) is 19.1 Å². The molecule has 0 heterocycles. The molecule has 1 N–H and O–H groups in total. The summed E-state index contributed by atoms with van der Waals surface area (Å²) in [6, 6.07) is 18.3. The number of carbonyl (C=O) groups is 2. The van der Waals surface area contributed by atoms with Crippen molar-refractivity contribution in [2.45, 2.75) is 12.0 Å². The summed E-state index contributed by atoms with van der Waals surface area (Å²) in [6.07, 6.45) is 0. The minimum atomic E-state index is -0.845. The standard InChI is InChI=1S/C19H21NO4/c1-23-13-16(21)20-18(19(22)24-2)17(14-9-5-3-6-10-14)15-11-7-4-8-12-15/h3-12,17-18H,13H2,1-2H3,(H,20,21)/t18-/m1/s1. The number of nitrogens with one attached hydrogen (secondary N) is 1. The summed E-state index contributed by atoms with van der Waals surface area (Å²) in [6.45, 7) is -0.121. The van der Waals surface area contributed by atoms with E-state index in [2.05, 4.69) is 5.32 Å². The van der Waals surface area contributed by atoms with Gasteiger partial charge in [-0.3, -0.25) is 4.79 Å². The highest BCUT2D eigenvalue weighted by molar-refractivity contribution is 5.86. The van der Waals surface area contributed by atoms with Crippen LogP contribution < -0.4 is 5.32 Å². The van der Waals surface area contributed by atoms with Crippen molar-refractivity contribution in [1.82, 2.24) is 5.32 Å². The molecule has 5 heteroatoms. The molecule has 0 radical (unpaired) electrons. The second kappa shape index (κ2) is 8.84. The van der Waals surface area contributed by atoms with Gasteiger partial charge in [0.05, 0.1) is 7.11 Å². The molecule has 0 bridgehead atoms. The normalized spacial score (nSPS) is 11.8. The Balaban J connectivity index is 2.44. The first kappa shape index (κ1) is 17.7. The molecule has 0 saturated heterocycles. The van der Waals surface area contributed by atoms with Gasteiger partial charge in [0, 0.05) is 13.0 Å². The first-order valence-electron chi connectivity index (χ1n) is 7.63. The maximum atomic E-state index is 12.4. The van der Waals surface area contributed by atoms with E-state index in [-0.39, 0.29) is 18.4 Å². The Morgan fingerprint density at radius 3 is 1.83 bits per heavy atom. The van der Waals surface area contributed by atoms with Crippen molar-refractivity contribution in [1.29, 1.82) is 0 Å². The van der Waals surface area contributed by atoms with Gasteiger partial charge in [-0.15, -0.1) is 0 Å². The van der Waals surface area contributed by atoms with Crippen LogP contribution in [0.1, 0.15) is 17.0 Å². The number of hydrogen-bond donors (Lipinski definition) is 1. The Morgan fingerprint density at radius 1 is 0.917 bits per heavy atom. The predicted octanol–water partition coefficient (Wildman–Crippen LogP) is 2.12. The lowest BCUT2D eigenvalue weighted by atomic mass is 9.85. The zero-order valence-corrected chi connectivity index (χ0v) is 13.8. The largest absolute Gasteiger partial charge is 0.467 e. The number of benzene rings is 2. The SMILES string of the molecule is COCC(=O)N[C@@H](C(=O)OC)C(c1ccccc1)c1ccccc1. The van der Waals surface area contributed by atoms with E-state index in [1.807, 2.05) is 60.7 Å². The fourth-order valence-corrected chi connectivity index (χ4v) is 2.65. The van der Waals surface area contributed by atoms with Crippen LogP contribution in [0.2, 0.25) is 0 Å². The number of rotatable bonds is 7. The Morgan fingerprint density at radius 2 is 1.42 bits per heavy atom. The molecule has 0 saturated carbocycles. The van der Waals surface area contributed by atoms with E-state index in [1.54, 1.807) is 0 Å². The van der Waals surface area contributed by atoms with Crippen molar-refractivity contribution in [2.24, 2.45) is 0 Å². The van der Waals surface area contributed by atoms with E-state index in [1.165, 1.54) is 14.2 Å². The predicted molar refractivity (Wildman–Crippen MR) is 90.5 cm³/mol. The van der Waals surface area contributed by atoms with E-state index < -0.39 is 12.0 Å². The molecule has 2 rings (SSSR count). The average molecular weight is 327 g/mol. The molecule has 2 aromatic rings. The molecule has 1 atom stereocenters. The second-order valence-electron chi connectivity index (χ2n) is 5.30. The summed E-state index contributed by atoms with van der Waals surface area (Å²) in [5.41, 5.74) is 1.83. The lowest BCUT2D eigenvalue weighted by Crippen LogP contribution is -2.47. The van der Waals surface area contributed by atoms with Crippen molar-refractivity contribution < 1.29 is 19.1 Å². The number of esters is 1. The van der Waals surface area contributed by atoms with Crippen LogP contribution in [0.5, 0.6) is 0 Å². The van der Waals surface area contributed by atoms with Gasteiger partial charge in [-0.1, -0.05) is 60.7 Å². The zero-order valence-electron chi connectivity index (χ0n) is 13.8. The maximum absolute atomic E-state index is 12.4. The molecule has 1 amide bonds. The van der Waals surface area contributed by atoms with Gasteiger partial charge in [-0.25, -0.2) is 4.79 Å². The van der Waals surface area contributed by atoms with E-state index in [0.717, 1.165) is 11.1 Å². The molecule has 0 aliphatic carbocycles. The molecule has 0 aliphatic rings. The number of amides is 1. The Hall–Kier alpha value is -2.66. The summed E-state index contributed by atoms with van der Waals surface area (Å²) in [5, 5.41) is 2.73. The lowest BCUT2D eigenvalue weighted by Gasteiger charge is -2.27. The van der Waals surface area contributed by atoms with Gasteiger partial charge in [-0.05, 0) is 11.1 Å². The zero-order chi connectivity index (χ0) is 17.4. The van der Waals surface area contributed by atoms with Gasteiger partial charge in [0.2, 0.25) is 5.91 Å². The van der Waals surface area contributed by atoms with Crippen LogP contribution in [-0.4, -0.2) is 38.7 Å². The first-order valence-corrected chi connectivity index (χ1v) is 7.63. The Kier molecular flexibility index (Phi) is 6.51. The topological polar surface area (TPSA) is 64.6 Å².